The molecule has 2 unspecified atom stereocenters. The van der Waals surface area contributed by atoms with Crippen molar-refractivity contribution in [3.8, 4) is 0 Å². The zero-order chi connectivity index (χ0) is 12.3. The molecule has 2 atom stereocenters. The minimum absolute atomic E-state index is 0.0215. The van der Waals surface area contributed by atoms with Crippen LogP contribution in [-0.2, 0) is 4.79 Å². The molecule has 17 heavy (non-hydrogen) atoms. The van der Waals surface area contributed by atoms with Gasteiger partial charge >= 0.3 is 0 Å². The predicted molar refractivity (Wildman–Crippen MR) is 69.1 cm³/mol. The molecule has 1 saturated heterocycles. The molecule has 2 rings (SSSR count). The summed E-state index contributed by atoms with van der Waals surface area (Å²) in [6, 6.07) is 8.11. The van der Waals surface area contributed by atoms with Gasteiger partial charge in [-0.3, -0.25) is 4.79 Å². The number of amides is 1. The van der Waals surface area contributed by atoms with E-state index in [2.05, 4.69) is 22.9 Å². The predicted octanol–water partition coefficient (Wildman–Crippen LogP) is 0.883. The van der Waals surface area contributed by atoms with Gasteiger partial charge in [0.25, 0.3) is 0 Å². The summed E-state index contributed by atoms with van der Waals surface area (Å²) in [5.74, 6) is 0.0215. The third-order valence-corrected chi connectivity index (χ3v) is 2.98. The van der Waals surface area contributed by atoms with Crippen LogP contribution in [0, 0.1) is 6.92 Å². The second kappa shape index (κ2) is 5.29. The van der Waals surface area contributed by atoms with Crippen LogP contribution in [0.4, 0.5) is 5.69 Å². The molecule has 0 bridgehead atoms. The van der Waals surface area contributed by atoms with Gasteiger partial charge in [-0.15, -0.1) is 0 Å². The van der Waals surface area contributed by atoms with E-state index >= 15 is 0 Å². The Hall–Kier alpha value is -1.39. The lowest BCUT2D eigenvalue weighted by atomic mass is 10.1. The van der Waals surface area contributed by atoms with Crippen molar-refractivity contribution in [2.24, 2.45) is 0 Å². The molecule has 1 heterocycles. The summed E-state index contributed by atoms with van der Waals surface area (Å²) >= 11 is 0. The smallest absolute Gasteiger partial charge is 0.242 e. The molecule has 1 amide bonds. The van der Waals surface area contributed by atoms with E-state index in [0.29, 0.717) is 12.6 Å². The van der Waals surface area contributed by atoms with Gasteiger partial charge in [-0.05, 0) is 26.0 Å². The van der Waals surface area contributed by atoms with Crippen LogP contribution in [0.5, 0.6) is 0 Å². The van der Waals surface area contributed by atoms with Crippen molar-refractivity contribution < 1.29 is 4.79 Å². The number of carbonyl (C=O) groups is 1. The summed E-state index contributed by atoms with van der Waals surface area (Å²) in [7, 11) is 0. The highest BCUT2D eigenvalue weighted by Crippen LogP contribution is 2.09. The van der Waals surface area contributed by atoms with Crippen LogP contribution < -0.4 is 16.0 Å². The number of carbonyl (C=O) groups excluding carboxylic acids is 1. The lowest BCUT2D eigenvalue weighted by molar-refractivity contribution is -0.118. The van der Waals surface area contributed by atoms with E-state index in [-0.39, 0.29) is 11.9 Å². The van der Waals surface area contributed by atoms with Gasteiger partial charge in [0.1, 0.15) is 0 Å². The maximum absolute atomic E-state index is 11.9. The molecule has 1 aliphatic heterocycles. The normalized spacial score (nSPS) is 24.4. The second-order valence-electron chi connectivity index (χ2n) is 4.63. The number of aryl methyl sites for hydroxylation is 1. The Labute approximate surface area is 102 Å². The van der Waals surface area contributed by atoms with Crippen molar-refractivity contribution in [1.82, 2.24) is 10.6 Å². The quantitative estimate of drug-likeness (QED) is 0.711. The third-order valence-electron chi connectivity index (χ3n) is 2.98. The molecule has 1 aromatic carbocycles. The second-order valence-corrected chi connectivity index (χ2v) is 4.63. The maximum Gasteiger partial charge on any atom is 0.242 e. The fourth-order valence-corrected chi connectivity index (χ4v) is 1.83. The van der Waals surface area contributed by atoms with Crippen molar-refractivity contribution >= 4 is 11.6 Å². The van der Waals surface area contributed by atoms with Crippen LogP contribution in [0.25, 0.3) is 0 Å². The monoisotopic (exact) mass is 233 g/mol. The van der Waals surface area contributed by atoms with Crippen LogP contribution in [0.2, 0.25) is 0 Å². The van der Waals surface area contributed by atoms with E-state index in [1.165, 1.54) is 5.56 Å². The molecule has 1 aliphatic rings. The number of benzene rings is 1. The van der Waals surface area contributed by atoms with Crippen LogP contribution in [-0.4, -0.2) is 31.1 Å². The molecule has 3 N–H and O–H groups in total. The molecule has 4 nitrogen and oxygen atoms in total. The van der Waals surface area contributed by atoms with Crippen LogP contribution in [0.1, 0.15) is 12.5 Å². The lowest BCUT2D eigenvalue weighted by Gasteiger charge is -2.28. The molecule has 1 aromatic rings. The van der Waals surface area contributed by atoms with Crippen molar-refractivity contribution in [3.63, 3.8) is 0 Å². The van der Waals surface area contributed by atoms with E-state index in [1.54, 1.807) is 0 Å². The largest absolute Gasteiger partial charge is 0.325 e. The van der Waals surface area contributed by atoms with Gasteiger partial charge in [-0.1, -0.05) is 17.7 Å². The molecule has 0 aromatic heterocycles. The number of anilines is 1. The first-order chi connectivity index (χ1) is 8.15. The summed E-state index contributed by atoms with van der Waals surface area (Å²) in [6.45, 7) is 5.63. The fraction of sp³-hybridized carbons (Fsp3) is 0.462. The first-order valence-electron chi connectivity index (χ1n) is 5.99. The average molecular weight is 233 g/mol. The van der Waals surface area contributed by atoms with E-state index in [9.17, 15) is 4.79 Å². The lowest BCUT2D eigenvalue weighted by Crippen LogP contribution is -2.57. The molecule has 92 valence electrons. The summed E-state index contributed by atoms with van der Waals surface area (Å²) in [6.07, 6.45) is 0. The zero-order valence-corrected chi connectivity index (χ0v) is 10.3. The van der Waals surface area contributed by atoms with E-state index in [1.807, 2.05) is 31.2 Å². The van der Waals surface area contributed by atoms with Gasteiger partial charge in [0, 0.05) is 24.8 Å². The van der Waals surface area contributed by atoms with Crippen LogP contribution >= 0.6 is 0 Å². The summed E-state index contributed by atoms with van der Waals surface area (Å²) in [4.78, 5) is 11.9. The van der Waals surface area contributed by atoms with Crippen LogP contribution in [0.15, 0.2) is 24.3 Å². The number of piperazine rings is 1. The van der Waals surface area contributed by atoms with Crippen molar-refractivity contribution in [2.75, 3.05) is 18.4 Å². The first kappa shape index (κ1) is 12.1. The standard InChI is InChI=1S/C13H19N3O/c1-9-3-5-11(6-4-9)16-13(17)12-8-14-10(2)7-15-12/h3-6,10,12,14-15H,7-8H2,1-2H3,(H,16,17). The number of rotatable bonds is 2. The van der Waals surface area contributed by atoms with Gasteiger partial charge in [0.15, 0.2) is 0 Å². The van der Waals surface area contributed by atoms with Gasteiger partial charge in [-0.25, -0.2) is 0 Å². The van der Waals surface area contributed by atoms with Gasteiger partial charge < -0.3 is 16.0 Å². The Balaban J connectivity index is 1.90. The third kappa shape index (κ3) is 3.28. The van der Waals surface area contributed by atoms with Crippen molar-refractivity contribution in [2.45, 2.75) is 25.9 Å². The van der Waals surface area contributed by atoms with Crippen molar-refractivity contribution in [3.05, 3.63) is 29.8 Å². The topological polar surface area (TPSA) is 53.2 Å². The Morgan fingerprint density at radius 3 is 2.53 bits per heavy atom. The Kier molecular flexibility index (Phi) is 3.76. The van der Waals surface area contributed by atoms with E-state index in [4.69, 9.17) is 0 Å². The Morgan fingerprint density at radius 2 is 1.94 bits per heavy atom. The minimum atomic E-state index is -0.146. The van der Waals surface area contributed by atoms with Gasteiger partial charge in [0.05, 0.1) is 6.04 Å². The SMILES string of the molecule is Cc1ccc(NC(=O)C2CNC(C)CN2)cc1. The molecule has 1 fully saturated rings. The Bertz CT molecular complexity index is 380. The molecular formula is C13H19N3O. The summed E-state index contributed by atoms with van der Waals surface area (Å²) < 4.78 is 0. The minimum Gasteiger partial charge on any atom is -0.325 e. The molecule has 0 aliphatic carbocycles. The summed E-state index contributed by atoms with van der Waals surface area (Å²) in [5.41, 5.74) is 2.04. The zero-order valence-electron chi connectivity index (χ0n) is 10.3. The number of nitrogens with one attached hydrogen (secondary N) is 3. The number of hydrogen-bond acceptors (Lipinski definition) is 3. The van der Waals surface area contributed by atoms with Gasteiger partial charge in [0.2, 0.25) is 5.91 Å². The van der Waals surface area contributed by atoms with E-state index in [0.717, 1.165) is 12.2 Å². The average Bonchev–Trinajstić information content (AvgIpc) is 2.33. The highest BCUT2D eigenvalue weighted by Gasteiger charge is 2.22. The maximum atomic E-state index is 11.9. The fourth-order valence-electron chi connectivity index (χ4n) is 1.83. The molecule has 0 saturated carbocycles. The highest BCUT2D eigenvalue weighted by atomic mass is 16.2. The molecule has 4 heteroatoms. The van der Waals surface area contributed by atoms with E-state index < -0.39 is 0 Å². The number of hydrogen-bond donors (Lipinski definition) is 3. The first-order valence-corrected chi connectivity index (χ1v) is 5.99. The molecule has 0 radical (unpaired) electrons. The molecular weight excluding hydrogens is 214 g/mol. The van der Waals surface area contributed by atoms with Gasteiger partial charge in [-0.2, -0.15) is 0 Å². The van der Waals surface area contributed by atoms with Crippen LogP contribution in [0.3, 0.4) is 0 Å². The highest BCUT2D eigenvalue weighted by molar-refractivity contribution is 5.95. The van der Waals surface area contributed by atoms with Crippen molar-refractivity contribution in [1.29, 1.82) is 0 Å². The molecule has 0 spiro atoms. The Morgan fingerprint density at radius 1 is 1.24 bits per heavy atom. The summed E-state index contributed by atoms with van der Waals surface area (Å²) in [5, 5.41) is 9.42.